The number of esters is 1. The first-order valence-corrected chi connectivity index (χ1v) is 13.8. The number of carbonyl (C=O) groups excluding carboxylic acids is 1. The van der Waals surface area contributed by atoms with Gasteiger partial charge < -0.3 is 15.2 Å². The first-order valence-electron chi connectivity index (χ1n) is 11.6. The van der Waals surface area contributed by atoms with Crippen molar-refractivity contribution in [3.8, 4) is 0 Å². The van der Waals surface area contributed by atoms with Crippen LogP contribution in [0.25, 0.3) is 0 Å². The zero-order chi connectivity index (χ0) is 23.2. The number of hydrogen-bond acceptors (Lipinski definition) is 8. The van der Waals surface area contributed by atoms with Crippen LogP contribution in [0.1, 0.15) is 77.4 Å². The molecule has 2 heterocycles. The fourth-order valence-electron chi connectivity index (χ4n) is 3.43. The lowest BCUT2D eigenvalue weighted by Crippen LogP contribution is -2.30. The molecule has 2 rings (SSSR count). The van der Waals surface area contributed by atoms with Crippen LogP contribution in [0.4, 0.5) is 10.2 Å². The molecule has 1 aliphatic heterocycles. The quantitative estimate of drug-likeness (QED) is 0.262. The Labute approximate surface area is 198 Å². The van der Waals surface area contributed by atoms with E-state index in [2.05, 4.69) is 11.9 Å². The fourth-order valence-corrected chi connectivity index (χ4v) is 5.12. The zero-order valence-corrected chi connectivity index (χ0v) is 20.6. The predicted molar refractivity (Wildman–Crippen MR) is 129 cm³/mol. The van der Waals surface area contributed by atoms with E-state index in [1.165, 1.54) is 61.8 Å². The molecular formula is C22H36FN3O4S2. The van der Waals surface area contributed by atoms with E-state index in [0.29, 0.717) is 12.2 Å². The molecule has 32 heavy (non-hydrogen) atoms. The summed E-state index contributed by atoms with van der Waals surface area (Å²) >= 11 is 3.43. The summed E-state index contributed by atoms with van der Waals surface area (Å²) in [7, 11) is 0. The normalized spacial score (nSPS) is 18.2. The summed E-state index contributed by atoms with van der Waals surface area (Å²) in [6.07, 6.45) is 11.6. The van der Waals surface area contributed by atoms with Gasteiger partial charge in [-0.05, 0) is 24.3 Å². The Morgan fingerprint density at radius 1 is 1.25 bits per heavy atom. The second kappa shape index (κ2) is 15.6. The SMILES string of the molecule is CCSCCCCCCCCCCCC(=O)OC[C@H]1O[C@@H](n2cc(F)c(N)nc2=O)CS1. The van der Waals surface area contributed by atoms with Gasteiger partial charge in [0.1, 0.15) is 18.3 Å². The lowest BCUT2D eigenvalue weighted by atomic mass is 10.1. The third-order valence-electron chi connectivity index (χ3n) is 5.23. The minimum absolute atomic E-state index is 0.108. The maximum Gasteiger partial charge on any atom is 0.351 e. The second-order valence-electron chi connectivity index (χ2n) is 7.83. The highest BCUT2D eigenvalue weighted by molar-refractivity contribution is 8.00. The minimum atomic E-state index is -0.769. The topological polar surface area (TPSA) is 96.4 Å². The van der Waals surface area contributed by atoms with Crippen LogP contribution in [0, 0.1) is 5.82 Å². The number of halogens is 1. The van der Waals surface area contributed by atoms with Gasteiger partial charge in [-0.1, -0.05) is 51.9 Å². The van der Waals surface area contributed by atoms with Crippen LogP contribution in [-0.2, 0) is 14.3 Å². The number of nitrogens with zero attached hydrogens (tertiary/aromatic N) is 2. The molecular weight excluding hydrogens is 453 g/mol. The average Bonchev–Trinajstić information content (AvgIpc) is 3.24. The molecule has 0 aromatic carbocycles. The Morgan fingerprint density at radius 3 is 2.59 bits per heavy atom. The number of nitrogens with two attached hydrogens (primary N) is 1. The lowest BCUT2D eigenvalue weighted by Gasteiger charge is -2.15. The van der Waals surface area contributed by atoms with E-state index in [1.54, 1.807) is 0 Å². The Balaban J connectivity index is 1.48. The molecule has 1 aliphatic rings. The number of hydrogen-bond donors (Lipinski definition) is 1. The molecule has 0 aliphatic carbocycles. The van der Waals surface area contributed by atoms with Crippen molar-refractivity contribution in [3.63, 3.8) is 0 Å². The number of anilines is 1. The van der Waals surface area contributed by atoms with Gasteiger partial charge in [0, 0.05) is 12.2 Å². The molecule has 1 aromatic heterocycles. The molecule has 1 fully saturated rings. The van der Waals surface area contributed by atoms with E-state index >= 15 is 0 Å². The molecule has 2 N–H and O–H groups in total. The number of unbranched alkanes of at least 4 members (excludes halogenated alkanes) is 8. The first kappa shape index (κ1) is 27.0. The van der Waals surface area contributed by atoms with E-state index in [0.717, 1.165) is 30.0 Å². The van der Waals surface area contributed by atoms with E-state index in [9.17, 15) is 14.0 Å². The van der Waals surface area contributed by atoms with E-state index in [-0.39, 0.29) is 12.6 Å². The van der Waals surface area contributed by atoms with Gasteiger partial charge in [-0.25, -0.2) is 9.18 Å². The number of thioether (sulfide) groups is 2. The number of carbonyl (C=O) groups is 1. The Morgan fingerprint density at radius 2 is 1.91 bits per heavy atom. The molecule has 2 atom stereocenters. The summed E-state index contributed by atoms with van der Waals surface area (Å²) in [4.78, 5) is 27.3. The standard InChI is InChI=1S/C22H36FN3O4S2/c1-2-31-13-11-9-7-5-3-4-6-8-10-12-19(27)29-15-20-30-18(16-32-20)26-14-17(23)21(24)25-22(26)28/h14,18,20H,2-13,15-16H2,1H3,(H2,24,25,28)/t18-,20+/m1/s1. The minimum Gasteiger partial charge on any atom is -0.462 e. The van der Waals surface area contributed by atoms with Gasteiger partial charge in [0.25, 0.3) is 0 Å². The van der Waals surface area contributed by atoms with Crippen LogP contribution >= 0.6 is 23.5 Å². The molecule has 1 aromatic rings. The zero-order valence-electron chi connectivity index (χ0n) is 18.9. The molecule has 0 unspecified atom stereocenters. The van der Waals surface area contributed by atoms with Crippen molar-refractivity contribution >= 4 is 35.3 Å². The highest BCUT2D eigenvalue weighted by Crippen LogP contribution is 2.31. The van der Waals surface area contributed by atoms with Crippen LogP contribution in [0.15, 0.2) is 11.0 Å². The molecule has 1 saturated heterocycles. The Kier molecular flexibility index (Phi) is 13.1. The van der Waals surface area contributed by atoms with Crippen LogP contribution in [0.5, 0.6) is 0 Å². The summed E-state index contributed by atoms with van der Waals surface area (Å²) in [5, 5.41) is 0. The van der Waals surface area contributed by atoms with E-state index in [4.69, 9.17) is 15.2 Å². The van der Waals surface area contributed by atoms with Crippen molar-refractivity contribution in [2.24, 2.45) is 0 Å². The summed E-state index contributed by atoms with van der Waals surface area (Å²) in [6, 6.07) is 0. The molecule has 10 heteroatoms. The molecule has 0 radical (unpaired) electrons. The summed E-state index contributed by atoms with van der Waals surface area (Å²) in [6.45, 7) is 2.31. The molecule has 7 nitrogen and oxygen atoms in total. The maximum absolute atomic E-state index is 13.6. The third kappa shape index (κ3) is 10.1. The number of rotatable bonds is 16. The van der Waals surface area contributed by atoms with Crippen molar-refractivity contribution in [3.05, 3.63) is 22.5 Å². The van der Waals surface area contributed by atoms with Crippen LogP contribution in [0.2, 0.25) is 0 Å². The van der Waals surface area contributed by atoms with Crippen molar-refractivity contribution < 1.29 is 18.7 Å². The van der Waals surface area contributed by atoms with Crippen molar-refractivity contribution in [1.82, 2.24) is 9.55 Å². The number of aromatic nitrogens is 2. The van der Waals surface area contributed by atoms with Crippen LogP contribution in [0.3, 0.4) is 0 Å². The van der Waals surface area contributed by atoms with Gasteiger partial charge in [0.2, 0.25) is 0 Å². The average molecular weight is 490 g/mol. The van der Waals surface area contributed by atoms with Crippen LogP contribution in [-0.4, -0.2) is 44.8 Å². The van der Waals surface area contributed by atoms with E-state index in [1.807, 2.05) is 11.8 Å². The molecule has 0 spiro atoms. The van der Waals surface area contributed by atoms with Gasteiger partial charge in [-0.3, -0.25) is 9.36 Å². The van der Waals surface area contributed by atoms with Gasteiger partial charge in [0.15, 0.2) is 11.6 Å². The van der Waals surface area contributed by atoms with Crippen molar-refractivity contribution in [2.45, 2.75) is 82.8 Å². The summed E-state index contributed by atoms with van der Waals surface area (Å²) in [5.41, 5.74) is 4.24. The molecule has 0 amide bonds. The number of nitrogen functional groups attached to an aromatic ring is 1. The molecule has 0 bridgehead atoms. The van der Waals surface area contributed by atoms with Crippen LogP contribution < -0.4 is 11.4 Å². The molecule has 182 valence electrons. The van der Waals surface area contributed by atoms with E-state index < -0.39 is 29.0 Å². The monoisotopic (exact) mass is 489 g/mol. The summed E-state index contributed by atoms with van der Waals surface area (Å²) < 4.78 is 25.7. The van der Waals surface area contributed by atoms with Crippen molar-refractivity contribution in [1.29, 1.82) is 0 Å². The van der Waals surface area contributed by atoms with Gasteiger partial charge in [-0.15, -0.1) is 11.8 Å². The Bertz CT molecular complexity index is 750. The second-order valence-corrected chi connectivity index (χ2v) is 10.4. The third-order valence-corrected chi connectivity index (χ3v) is 7.31. The largest absolute Gasteiger partial charge is 0.462 e. The lowest BCUT2D eigenvalue weighted by molar-refractivity contribution is -0.147. The van der Waals surface area contributed by atoms with Crippen molar-refractivity contribution in [2.75, 3.05) is 29.6 Å². The first-order chi connectivity index (χ1) is 15.5. The highest BCUT2D eigenvalue weighted by atomic mass is 32.2. The van der Waals surface area contributed by atoms with Gasteiger partial charge in [0.05, 0.1) is 6.20 Å². The van der Waals surface area contributed by atoms with Gasteiger partial charge in [-0.2, -0.15) is 16.7 Å². The number of ether oxygens (including phenoxy) is 2. The maximum atomic E-state index is 13.6. The molecule has 0 saturated carbocycles. The predicted octanol–water partition coefficient (Wildman–Crippen LogP) is 4.75. The van der Waals surface area contributed by atoms with Gasteiger partial charge >= 0.3 is 11.7 Å². The highest BCUT2D eigenvalue weighted by Gasteiger charge is 2.29. The Hall–Kier alpha value is -1.26. The summed E-state index contributed by atoms with van der Waals surface area (Å²) in [5.74, 6) is 1.51. The smallest absolute Gasteiger partial charge is 0.351 e. The fraction of sp³-hybridized carbons (Fsp3) is 0.773.